The normalized spacial score (nSPS) is 13.3. The Morgan fingerprint density at radius 1 is 0.720 bits per heavy atom. The predicted molar refractivity (Wildman–Crippen MR) is 97.3 cm³/mol. The molecule has 0 unspecified atom stereocenters. The number of hydrogen-bond donors (Lipinski definition) is 2. The van der Waals surface area contributed by atoms with Gasteiger partial charge in [-0.15, -0.1) is 0 Å². The number of nitrogens with zero attached hydrogens (tertiary/aromatic N) is 2. The van der Waals surface area contributed by atoms with Crippen molar-refractivity contribution < 1.29 is 4.39 Å². The van der Waals surface area contributed by atoms with E-state index in [1.165, 1.54) is 6.07 Å². The Balaban J connectivity index is 1.85. The van der Waals surface area contributed by atoms with E-state index in [9.17, 15) is 4.39 Å². The first kappa shape index (κ1) is 14.2. The summed E-state index contributed by atoms with van der Waals surface area (Å²) in [7, 11) is 0. The molecule has 5 heterocycles. The molecular formula is C20H15FN4. The first-order chi connectivity index (χ1) is 12.2. The predicted octanol–water partition coefficient (Wildman–Crippen LogP) is 4.41. The summed E-state index contributed by atoms with van der Waals surface area (Å²) < 4.78 is 14.2. The minimum Gasteiger partial charge on any atom is -0.355 e. The second-order valence-corrected chi connectivity index (χ2v) is 6.32. The molecule has 0 saturated heterocycles. The third-order valence-electron chi connectivity index (χ3n) is 4.40. The fourth-order valence-electron chi connectivity index (χ4n) is 3.23. The molecule has 0 aliphatic carbocycles. The lowest BCUT2D eigenvalue weighted by atomic mass is 10.2. The smallest absolute Gasteiger partial charge is 0.148 e. The lowest BCUT2D eigenvalue weighted by Crippen LogP contribution is -1.77. The van der Waals surface area contributed by atoms with Crippen LogP contribution in [0.3, 0.4) is 0 Å². The molecule has 2 N–H and O–H groups in total. The molecule has 0 aromatic carbocycles. The van der Waals surface area contributed by atoms with Gasteiger partial charge in [0.15, 0.2) is 0 Å². The van der Waals surface area contributed by atoms with Gasteiger partial charge in [0.1, 0.15) is 5.82 Å². The first-order valence-electron chi connectivity index (χ1n) is 8.25. The maximum atomic E-state index is 14.2. The van der Waals surface area contributed by atoms with Gasteiger partial charge >= 0.3 is 0 Å². The van der Waals surface area contributed by atoms with Crippen molar-refractivity contribution in [3.8, 4) is 0 Å². The minimum absolute atomic E-state index is 0.285. The number of nitrogens with one attached hydrogen (secondary N) is 2. The molecule has 8 bridgehead atoms. The fourth-order valence-corrected chi connectivity index (χ4v) is 3.23. The summed E-state index contributed by atoms with van der Waals surface area (Å²) in [5.74, 6) is -0.285. The number of hydrogen-bond acceptors (Lipinski definition) is 2. The maximum absolute atomic E-state index is 14.2. The number of aryl methyl sites for hydroxylation is 2. The van der Waals surface area contributed by atoms with Gasteiger partial charge in [-0.1, -0.05) is 0 Å². The van der Waals surface area contributed by atoms with Crippen LogP contribution < -0.4 is 0 Å². The first-order valence-corrected chi connectivity index (χ1v) is 8.25. The molecule has 5 rings (SSSR count). The van der Waals surface area contributed by atoms with E-state index in [0.29, 0.717) is 5.52 Å². The Labute approximate surface area is 143 Å². The Morgan fingerprint density at radius 2 is 1.40 bits per heavy atom. The summed E-state index contributed by atoms with van der Waals surface area (Å²) in [6, 6.07) is 13.2. The third-order valence-corrected chi connectivity index (χ3v) is 4.40. The Morgan fingerprint density at radius 3 is 2.20 bits per heavy atom. The number of aromatic amines is 2. The second kappa shape index (κ2) is 5.41. The van der Waals surface area contributed by atoms with E-state index in [2.05, 4.69) is 26.0 Å². The van der Waals surface area contributed by atoms with Gasteiger partial charge in [-0.3, -0.25) is 4.98 Å². The second-order valence-electron chi connectivity index (χ2n) is 6.32. The fraction of sp³-hybridized carbons (Fsp3) is 0.100. The van der Waals surface area contributed by atoms with Crippen molar-refractivity contribution in [1.82, 2.24) is 19.9 Å². The summed E-state index contributed by atoms with van der Waals surface area (Å²) in [5, 5.41) is 0. The van der Waals surface area contributed by atoms with Gasteiger partial charge in [0.2, 0.25) is 0 Å². The quantitative estimate of drug-likeness (QED) is 0.502. The highest BCUT2D eigenvalue weighted by atomic mass is 19.1. The highest BCUT2D eigenvalue weighted by molar-refractivity contribution is 5.75. The van der Waals surface area contributed by atoms with Crippen molar-refractivity contribution in [3.05, 3.63) is 71.1 Å². The standard InChI is InChI=1S/C20H15FN4/c21-19-10-18-9-16-4-3-14(23-16)7-12-1-2-13(22-12)8-15-5-6-17(24-15)11-20(19)25-18/h1-2,5-11,22,25H,3-4H2. The summed E-state index contributed by atoms with van der Waals surface area (Å²) >= 11 is 0. The zero-order valence-corrected chi connectivity index (χ0v) is 13.4. The van der Waals surface area contributed by atoms with Gasteiger partial charge in [0.05, 0.1) is 16.9 Å². The zero-order valence-electron chi connectivity index (χ0n) is 13.4. The molecule has 3 aromatic rings. The molecule has 0 saturated carbocycles. The molecule has 0 radical (unpaired) electrons. The van der Waals surface area contributed by atoms with Gasteiger partial charge in [-0.25, -0.2) is 9.37 Å². The number of fused-ring (bicyclic) bond motifs is 8. The van der Waals surface area contributed by atoms with Crippen LogP contribution in [0.1, 0.15) is 22.8 Å². The third kappa shape index (κ3) is 2.74. The largest absolute Gasteiger partial charge is 0.355 e. The van der Waals surface area contributed by atoms with Crippen LogP contribution in [0.15, 0.2) is 42.5 Å². The maximum Gasteiger partial charge on any atom is 0.148 e. The van der Waals surface area contributed by atoms with E-state index in [1.807, 2.05) is 36.4 Å². The molecule has 0 atom stereocenters. The van der Waals surface area contributed by atoms with Crippen LogP contribution in [0, 0.1) is 5.82 Å². The van der Waals surface area contributed by atoms with Gasteiger partial charge in [-0.2, -0.15) is 0 Å². The van der Waals surface area contributed by atoms with Crippen molar-refractivity contribution in [2.45, 2.75) is 12.8 Å². The van der Waals surface area contributed by atoms with Crippen LogP contribution in [0.25, 0.3) is 34.2 Å². The van der Waals surface area contributed by atoms with E-state index in [0.717, 1.165) is 52.2 Å². The van der Waals surface area contributed by atoms with E-state index in [-0.39, 0.29) is 5.82 Å². The minimum atomic E-state index is -0.285. The van der Waals surface area contributed by atoms with Crippen molar-refractivity contribution in [2.75, 3.05) is 0 Å². The van der Waals surface area contributed by atoms with Crippen LogP contribution >= 0.6 is 0 Å². The number of halogens is 1. The molecule has 122 valence electrons. The molecule has 5 heteroatoms. The molecule has 2 aliphatic heterocycles. The van der Waals surface area contributed by atoms with Crippen molar-refractivity contribution in [3.63, 3.8) is 0 Å². The van der Waals surface area contributed by atoms with E-state index in [1.54, 1.807) is 6.07 Å². The number of rotatable bonds is 0. The molecule has 4 nitrogen and oxygen atoms in total. The SMILES string of the molecule is Fc1cc2cc3nc(cc4ccc(cc5nc(cc1[nH]2)C=C5)[nH]4)CC3. The summed E-state index contributed by atoms with van der Waals surface area (Å²) in [5.41, 5.74) is 6.68. The van der Waals surface area contributed by atoms with Crippen LogP contribution in [-0.4, -0.2) is 19.9 Å². The average molecular weight is 330 g/mol. The summed E-state index contributed by atoms with van der Waals surface area (Å²) in [6.07, 6.45) is 5.55. The molecule has 25 heavy (non-hydrogen) atoms. The van der Waals surface area contributed by atoms with E-state index >= 15 is 0 Å². The lowest BCUT2D eigenvalue weighted by molar-refractivity contribution is 0.641. The van der Waals surface area contributed by atoms with Gasteiger partial charge in [0, 0.05) is 27.9 Å². The number of aromatic nitrogens is 4. The summed E-state index contributed by atoms with van der Waals surface area (Å²) in [4.78, 5) is 15.6. The monoisotopic (exact) mass is 330 g/mol. The number of H-pyrrole nitrogens is 2. The highest BCUT2D eigenvalue weighted by Gasteiger charge is 2.07. The average Bonchev–Trinajstić information content (AvgIpc) is 3.33. The Hall–Kier alpha value is -3.21. The Bertz CT molecular complexity index is 1170. The van der Waals surface area contributed by atoms with E-state index in [4.69, 9.17) is 0 Å². The molecular weight excluding hydrogens is 315 g/mol. The molecule has 0 fully saturated rings. The molecule has 0 spiro atoms. The van der Waals surface area contributed by atoms with Crippen molar-refractivity contribution >= 4 is 34.2 Å². The van der Waals surface area contributed by atoms with Crippen LogP contribution in [0.4, 0.5) is 4.39 Å². The molecule has 3 aromatic heterocycles. The van der Waals surface area contributed by atoms with Crippen molar-refractivity contribution in [2.24, 2.45) is 0 Å². The lowest BCUT2D eigenvalue weighted by Gasteiger charge is -1.85. The van der Waals surface area contributed by atoms with Crippen LogP contribution in [0.5, 0.6) is 0 Å². The summed E-state index contributed by atoms with van der Waals surface area (Å²) in [6.45, 7) is 0. The van der Waals surface area contributed by atoms with Crippen molar-refractivity contribution in [1.29, 1.82) is 0 Å². The van der Waals surface area contributed by atoms with Gasteiger partial charge in [0.25, 0.3) is 0 Å². The highest BCUT2D eigenvalue weighted by Crippen LogP contribution is 2.18. The van der Waals surface area contributed by atoms with Crippen LogP contribution in [-0.2, 0) is 12.8 Å². The van der Waals surface area contributed by atoms with Gasteiger partial charge in [-0.05, 0) is 67.5 Å². The molecule has 2 aliphatic rings. The zero-order chi connectivity index (χ0) is 16.8. The van der Waals surface area contributed by atoms with E-state index < -0.39 is 0 Å². The van der Waals surface area contributed by atoms with Gasteiger partial charge < -0.3 is 9.97 Å². The Kier molecular flexibility index (Phi) is 3.06. The topological polar surface area (TPSA) is 57.4 Å². The van der Waals surface area contributed by atoms with Crippen LogP contribution in [0.2, 0.25) is 0 Å². The molecule has 0 amide bonds.